The molecule has 1 aliphatic rings. The lowest BCUT2D eigenvalue weighted by Crippen LogP contribution is -2.35. The van der Waals surface area contributed by atoms with Crippen LogP contribution in [-0.2, 0) is 15.6 Å². The lowest BCUT2D eigenvalue weighted by atomic mass is 10.00. The van der Waals surface area contributed by atoms with Crippen LogP contribution in [0.1, 0.15) is 45.3 Å². The number of aromatic nitrogens is 3. The van der Waals surface area contributed by atoms with E-state index in [4.69, 9.17) is 0 Å². The summed E-state index contributed by atoms with van der Waals surface area (Å²) in [5.41, 5.74) is -0.783. The Morgan fingerprint density at radius 2 is 2.20 bits per heavy atom. The molecule has 20 heavy (non-hydrogen) atoms. The van der Waals surface area contributed by atoms with Crippen molar-refractivity contribution in [3.05, 3.63) is 11.9 Å². The van der Waals surface area contributed by atoms with E-state index < -0.39 is 15.6 Å². The fourth-order valence-corrected chi connectivity index (χ4v) is 3.89. The predicted molar refractivity (Wildman–Crippen MR) is 74.6 cm³/mol. The van der Waals surface area contributed by atoms with Crippen LogP contribution in [0.4, 0.5) is 0 Å². The van der Waals surface area contributed by atoms with Crippen LogP contribution in [0.2, 0.25) is 0 Å². The Kier molecular flexibility index (Phi) is 4.17. The van der Waals surface area contributed by atoms with E-state index in [2.05, 4.69) is 10.3 Å². The lowest BCUT2D eigenvalue weighted by Gasteiger charge is -2.20. The van der Waals surface area contributed by atoms with Gasteiger partial charge in [0.2, 0.25) is 10.0 Å². The highest BCUT2D eigenvalue weighted by molar-refractivity contribution is 7.89. The standard InChI is InChI=1S/C12H22N4O3S/c1-4-7-20(18,19)15-6-5-12(17,9-15)11-8-16(10(2)3)14-13-11/h8,10,17H,4-7,9H2,1-3H3. The second kappa shape index (κ2) is 5.42. The van der Waals surface area contributed by atoms with E-state index in [1.165, 1.54) is 4.31 Å². The fraction of sp³-hybridized carbons (Fsp3) is 0.833. The maximum atomic E-state index is 12.0. The summed E-state index contributed by atoms with van der Waals surface area (Å²) in [5.74, 6) is 0.113. The number of sulfonamides is 1. The molecule has 2 rings (SSSR count). The van der Waals surface area contributed by atoms with Gasteiger partial charge in [0, 0.05) is 19.1 Å². The molecule has 1 unspecified atom stereocenters. The molecule has 0 amide bonds. The molecule has 1 saturated heterocycles. The van der Waals surface area contributed by atoms with Crippen molar-refractivity contribution in [2.45, 2.75) is 45.3 Å². The molecule has 0 bridgehead atoms. The number of β-amino-alcohol motifs (C(OH)–C–C–N with tert-alkyl or cyclic N) is 1. The summed E-state index contributed by atoms with van der Waals surface area (Å²) in [6, 6.07) is 0.154. The summed E-state index contributed by atoms with van der Waals surface area (Å²) in [6.45, 7) is 6.15. The van der Waals surface area contributed by atoms with E-state index >= 15 is 0 Å². The van der Waals surface area contributed by atoms with Gasteiger partial charge in [0.1, 0.15) is 11.3 Å². The molecule has 1 aliphatic heterocycles. The lowest BCUT2D eigenvalue weighted by molar-refractivity contribution is 0.0484. The minimum Gasteiger partial charge on any atom is -0.382 e. The third kappa shape index (κ3) is 2.87. The minimum atomic E-state index is -3.28. The highest BCUT2D eigenvalue weighted by Gasteiger charge is 2.44. The summed E-state index contributed by atoms with van der Waals surface area (Å²) in [6.07, 6.45) is 2.62. The topological polar surface area (TPSA) is 88.3 Å². The van der Waals surface area contributed by atoms with Gasteiger partial charge in [-0.3, -0.25) is 0 Å². The van der Waals surface area contributed by atoms with Crippen LogP contribution in [0.5, 0.6) is 0 Å². The SMILES string of the molecule is CCCS(=O)(=O)N1CCC(O)(c2cn(C(C)C)nn2)C1. The molecule has 2 heterocycles. The van der Waals surface area contributed by atoms with Gasteiger partial charge in [-0.1, -0.05) is 12.1 Å². The second-order valence-electron chi connectivity index (χ2n) is 5.61. The van der Waals surface area contributed by atoms with Crippen molar-refractivity contribution in [1.29, 1.82) is 0 Å². The summed E-state index contributed by atoms with van der Waals surface area (Å²) in [4.78, 5) is 0. The van der Waals surface area contributed by atoms with Crippen molar-refractivity contribution in [2.75, 3.05) is 18.8 Å². The first-order valence-electron chi connectivity index (χ1n) is 6.91. The fourth-order valence-electron chi connectivity index (χ4n) is 2.34. The predicted octanol–water partition coefficient (Wildman–Crippen LogP) is 0.492. The Hall–Kier alpha value is -0.990. The maximum Gasteiger partial charge on any atom is 0.214 e. The average molecular weight is 302 g/mol. The molecule has 1 aromatic heterocycles. The van der Waals surface area contributed by atoms with Gasteiger partial charge >= 0.3 is 0 Å². The number of nitrogens with zero attached hydrogens (tertiary/aromatic N) is 4. The first kappa shape index (κ1) is 15.4. The van der Waals surface area contributed by atoms with Crippen LogP contribution in [0.3, 0.4) is 0 Å². The molecule has 1 aromatic rings. The molecule has 8 heteroatoms. The van der Waals surface area contributed by atoms with E-state index in [0.29, 0.717) is 25.1 Å². The van der Waals surface area contributed by atoms with Crippen LogP contribution in [0, 0.1) is 0 Å². The van der Waals surface area contributed by atoms with E-state index in [1.807, 2.05) is 20.8 Å². The Bertz CT molecular complexity index is 569. The quantitative estimate of drug-likeness (QED) is 0.855. The number of hydrogen-bond acceptors (Lipinski definition) is 5. The smallest absolute Gasteiger partial charge is 0.214 e. The molecule has 114 valence electrons. The van der Waals surface area contributed by atoms with Crippen LogP contribution in [0.25, 0.3) is 0 Å². The zero-order valence-electron chi connectivity index (χ0n) is 12.2. The van der Waals surface area contributed by atoms with Crippen molar-refractivity contribution < 1.29 is 13.5 Å². The average Bonchev–Trinajstić information content (AvgIpc) is 2.96. The Labute approximate surface area is 119 Å². The molecular formula is C12H22N4O3S. The van der Waals surface area contributed by atoms with E-state index in [0.717, 1.165) is 0 Å². The maximum absolute atomic E-state index is 12.0. The molecule has 0 radical (unpaired) electrons. The summed E-state index contributed by atoms with van der Waals surface area (Å²) in [7, 11) is -3.28. The van der Waals surface area contributed by atoms with Crippen LogP contribution in [0.15, 0.2) is 6.20 Å². The van der Waals surface area contributed by atoms with E-state index in [-0.39, 0.29) is 18.3 Å². The van der Waals surface area contributed by atoms with Crippen LogP contribution in [-0.4, -0.2) is 51.7 Å². The van der Waals surface area contributed by atoms with Crippen molar-refractivity contribution in [1.82, 2.24) is 19.3 Å². The molecule has 0 saturated carbocycles. The normalized spacial score (nSPS) is 24.6. The zero-order valence-corrected chi connectivity index (χ0v) is 13.0. The van der Waals surface area contributed by atoms with Gasteiger partial charge in [0.15, 0.2) is 0 Å². The molecule has 1 N–H and O–H groups in total. The molecule has 1 atom stereocenters. The van der Waals surface area contributed by atoms with Crippen LogP contribution >= 0.6 is 0 Å². The highest BCUT2D eigenvalue weighted by Crippen LogP contribution is 2.32. The molecule has 7 nitrogen and oxygen atoms in total. The van der Waals surface area contributed by atoms with Gasteiger partial charge < -0.3 is 5.11 Å². The van der Waals surface area contributed by atoms with Crippen molar-refractivity contribution in [2.24, 2.45) is 0 Å². The molecule has 1 fully saturated rings. The zero-order chi connectivity index (χ0) is 15.0. The summed E-state index contributed by atoms with van der Waals surface area (Å²) in [5, 5.41) is 18.6. The van der Waals surface area contributed by atoms with Gasteiger partial charge in [-0.05, 0) is 26.7 Å². The second-order valence-corrected chi connectivity index (χ2v) is 7.70. The number of rotatable bonds is 5. The monoisotopic (exact) mass is 302 g/mol. The highest BCUT2D eigenvalue weighted by atomic mass is 32.2. The Balaban J connectivity index is 2.17. The van der Waals surface area contributed by atoms with Gasteiger partial charge in [0.25, 0.3) is 0 Å². The number of aliphatic hydroxyl groups is 1. The van der Waals surface area contributed by atoms with E-state index in [1.54, 1.807) is 10.9 Å². The van der Waals surface area contributed by atoms with Crippen molar-refractivity contribution >= 4 is 10.0 Å². The minimum absolute atomic E-state index is 0.0616. The summed E-state index contributed by atoms with van der Waals surface area (Å²) < 4.78 is 27.1. The third-order valence-corrected chi connectivity index (χ3v) is 5.61. The van der Waals surface area contributed by atoms with E-state index in [9.17, 15) is 13.5 Å². The first-order valence-corrected chi connectivity index (χ1v) is 8.52. The molecule has 0 aliphatic carbocycles. The van der Waals surface area contributed by atoms with Gasteiger partial charge in [-0.15, -0.1) is 5.10 Å². The first-order chi connectivity index (χ1) is 9.28. The van der Waals surface area contributed by atoms with Crippen molar-refractivity contribution in [3.63, 3.8) is 0 Å². The Morgan fingerprint density at radius 3 is 2.75 bits per heavy atom. The Morgan fingerprint density at radius 1 is 1.50 bits per heavy atom. The van der Waals surface area contributed by atoms with Gasteiger partial charge in [-0.2, -0.15) is 4.31 Å². The molecular weight excluding hydrogens is 280 g/mol. The molecule has 0 aromatic carbocycles. The largest absolute Gasteiger partial charge is 0.382 e. The van der Waals surface area contributed by atoms with Crippen LogP contribution < -0.4 is 0 Å². The van der Waals surface area contributed by atoms with Gasteiger partial charge in [0.05, 0.1) is 11.9 Å². The number of hydrogen-bond donors (Lipinski definition) is 1. The van der Waals surface area contributed by atoms with Crippen molar-refractivity contribution in [3.8, 4) is 0 Å². The summed E-state index contributed by atoms with van der Waals surface area (Å²) >= 11 is 0. The van der Waals surface area contributed by atoms with Gasteiger partial charge in [-0.25, -0.2) is 13.1 Å². The third-order valence-electron chi connectivity index (χ3n) is 3.58. The molecule has 0 spiro atoms.